The molecule has 5 nitrogen and oxygen atoms in total. The molecule has 0 saturated carbocycles. The lowest BCUT2D eigenvalue weighted by Gasteiger charge is -2.08. The van der Waals surface area contributed by atoms with E-state index in [9.17, 15) is 4.79 Å². The highest BCUT2D eigenvalue weighted by Crippen LogP contribution is 2.39. The molecule has 2 aromatic rings. The Hall–Kier alpha value is -2.24. The minimum absolute atomic E-state index is 0.119. The van der Waals surface area contributed by atoms with Gasteiger partial charge in [0, 0.05) is 19.2 Å². The van der Waals surface area contributed by atoms with Crippen molar-refractivity contribution < 1.29 is 19.0 Å². The van der Waals surface area contributed by atoms with Crippen LogP contribution in [-0.4, -0.2) is 19.8 Å². The van der Waals surface area contributed by atoms with Crippen molar-refractivity contribution in [3.8, 4) is 11.5 Å². The van der Waals surface area contributed by atoms with E-state index in [0.29, 0.717) is 35.2 Å². The lowest BCUT2D eigenvalue weighted by Crippen LogP contribution is -2.22. The van der Waals surface area contributed by atoms with Crippen molar-refractivity contribution in [2.45, 2.75) is 13.2 Å². The van der Waals surface area contributed by atoms with Gasteiger partial charge in [-0.05, 0) is 23.3 Å². The highest BCUT2D eigenvalue weighted by Gasteiger charge is 2.20. The fourth-order valence-electron chi connectivity index (χ4n) is 2.30. The summed E-state index contributed by atoms with van der Waals surface area (Å²) in [6, 6.07) is 11.1. The van der Waals surface area contributed by atoms with Crippen molar-refractivity contribution in [1.82, 2.24) is 5.32 Å². The predicted octanol–water partition coefficient (Wildman–Crippen LogP) is 3.15. The Morgan fingerprint density at radius 3 is 2.70 bits per heavy atom. The second-order valence-corrected chi connectivity index (χ2v) is 5.53. The smallest absolute Gasteiger partial charge is 0.251 e. The van der Waals surface area contributed by atoms with Crippen molar-refractivity contribution in [1.29, 1.82) is 0 Å². The second kappa shape index (κ2) is 6.89. The van der Waals surface area contributed by atoms with Crippen molar-refractivity contribution in [3.63, 3.8) is 0 Å². The predicted molar refractivity (Wildman–Crippen MR) is 85.9 cm³/mol. The van der Waals surface area contributed by atoms with E-state index in [-0.39, 0.29) is 12.7 Å². The molecule has 0 spiro atoms. The molecule has 0 aromatic heterocycles. The minimum atomic E-state index is -0.217. The molecule has 0 unspecified atom stereocenters. The summed E-state index contributed by atoms with van der Waals surface area (Å²) in [5, 5.41) is 3.23. The highest BCUT2D eigenvalue weighted by molar-refractivity contribution is 6.32. The van der Waals surface area contributed by atoms with Gasteiger partial charge in [0.25, 0.3) is 5.91 Å². The van der Waals surface area contributed by atoms with Gasteiger partial charge in [-0.15, -0.1) is 0 Å². The van der Waals surface area contributed by atoms with Crippen LogP contribution in [0.2, 0.25) is 5.02 Å². The first-order chi connectivity index (χ1) is 11.2. The number of methoxy groups -OCH3 is 1. The molecule has 3 rings (SSSR count). The zero-order valence-electron chi connectivity index (χ0n) is 12.6. The molecule has 1 N–H and O–H groups in total. The Labute approximate surface area is 139 Å². The number of halogens is 1. The summed E-state index contributed by atoms with van der Waals surface area (Å²) in [4.78, 5) is 12.3. The number of carbonyl (C=O) groups excluding carboxylic acids is 1. The number of hydrogen-bond acceptors (Lipinski definition) is 4. The van der Waals surface area contributed by atoms with Gasteiger partial charge < -0.3 is 19.5 Å². The molecule has 2 aromatic carbocycles. The maximum absolute atomic E-state index is 12.3. The molecule has 0 saturated heterocycles. The summed E-state index contributed by atoms with van der Waals surface area (Å²) in [5.41, 5.74) is 2.53. The maximum Gasteiger partial charge on any atom is 0.251 e. The minimum Gasteiger partial charge on any atom is -0.454 e. The zero-order chi connectivity index (χ0) is 16.2. The number of hydrogen-bond donors (Lipinski definition) is 1. The topological polar surface area (TPSA) is 56.8 Å². The number of benzene rings is 2. The summed E-state index contributed by atoms with van der Waals surface area (Å²) in [6.07, 6.45) is 0. The second-order valence-electron chi connectivity index (χ2n) is 5.12. The van der Waals surface area contributed by atoms with Gasteiger partial charge >= 0.3 is 0 Å². The normalized spacial score (nSPS) is 12.3. The molecule has 6 heteroatoms. The van der Waals surface area contributed by atoms with Crippen LogP contribution in [0.5, 0.6) is 11.5 Å². The number of amides is 1. The number of fused-ring (bicyclic) bond motifs is 1. The largest absolute Gasteiger partial charge is 0.454 e. The Kier molecular flexibility index (Phi) is 4.69. The Morgan fingerprint density at radius 1 is 1.22 bits per heavy atom. The molecule has 0 bridgehead atoms. The van der Waals surface area contributed by atoms with E-state index in [1.165, 1.54) is 0 Å². The molecule has 1 aliphatic rings. The molecule has 0 fully saturated rings. The van der Waals surface area contributed by atoms with E-state index in [0.717, 1.165) is 11.1 Å². The quantitative estimate of drug-likeness (QED) is 0.913. The van der Waals surface area contributed by atoms with Crippen LogP contribution in [0.3, 0.4) is 0 Å². The molecule has 0 aliphatic carbocycles. The van der Waals surface area contributed by atoms with Crippen LogP contribution >= 0.6 is 11.6 Å². The average Bonchev–Trinajstić information content (AvgIpc) is 3.03. The van der Waals surface area contributed by atoms with E-state index in [2.05, 4.69) is 5.32 Å². The summed E-state index contributed by atoms with van der Waals surface area (Å²) >= 11 is 6.09. The van der Waals surface area contributed by atoms with E-state index in [1.807, 2.05) is 24.3 Å². The van der Waals surface area contributed by atoms with E-state index in [4.69, 9.17) is 25.8 Å². The van der Waals surface area contributed by atoms with Crippen LogP contribution in [0.25, 0.3) is 0 Å². The Morgan fingerprint density at radius 2 is 1.96 bits per heavy atom. The van der Waals surface area contributed by atoms with Crippen molar-refractivity contribution >= 4 is 17.5 Å². The third-order valence-corrected chi connectivity index (χ3v) is 3.76. The van der Waals surface area contributed by atoms with Crippen LogP contribution in [0.1, 0.15) is 21.5 Å². The molecule has 1 amide bonds. The highest BCUT2D eigenvalue weighted by atomic mass is 35.5. The van der Waals surface area contributed by atoms with Crippen LogP contribution < -0.4 is 14.8 Å². The summed E-state index contributed by atoms with van der Waals surface area (Å²) < 4.78 is 15.6. The maximum atomic E-state index is 12.3. The summed E-state index contributed by atoms with van der Waals surface area (Å²) in [7, 11) is 1.66. The molecule has 0 radical (unpaired) electrons. The third-order valence-electron chi connectivity index (χ3n) is 3.48. The fraction of sp³-hybridized carbons (Fsp3) is 0.235. The number of ether oxygens (including phenoxy) is 3. The van der Waals surface area contributed by atoms with Crippen LogP contribution in [-0.2, 0) is 17.9 Å². The van der Waals surface area contributed by atoms with Gasteiger partial charge in [-0.25, -0.2) is 0 Å². The van der Waals surface area contributed by atoms with Gasteiger partial charge in [-0.1, -0.05) is 35.9 Å². The first-order valence-corrected chi connectivity index (χ1v) is 7.49. The SMILES string of the molecule is COCc1ccc(CNC(=O)c2cc(Cl)c3c(c2)OCO3)cc1. The lowest BCUT2D eigenvalue weighted by atomic mass is 10.1. The molecule has 1 heterocycles. The molecule has 23 heavy (non-hydrogen) atoms. The standard InChI is InChI=1S/C17H16ClNO4/c1-21-9-12-4-2-11(3-5-12)8-19-17(20)13-6-14(18)16-15(7-13)22-10-23-16/h2-7H,8-10H2,1H3,(H,19,20). The average molecular weight is 334 g/mol. The van der Waals surface area contributed by atoms with Crippen LogP contribution in [0, 0.1) is 0 Å². The van der Waals surface area contributed by atoms with E-state index >= 15 is 0 Å². The molecule has 120 valence electrons. The molecule has 1 aliphatic heterocycles. The van der Waals surface area contributed by atoms with Crippen molar-refractivity contribution in [2.75, 3.05) is 13.9 Å². The van der Waals surface area contributed by atoms with E-state index in [1.54, 1.807) is 19.2 Å². The zero-order valence-corrected chi connectivity index (χ0v) is 13.4. The van der Waals surface area contributed by atoms with Gasteiger partial charge in [0.1, 0.15) is 0 Å². The van der Waals surface area contributed by atoms with Crippen LogP contribution in [0.15, 0.2) is 36.4 Å². The van der Waals surface area contributed by atoms with Gasteiger partial charge in [-0.2, -0.15) is 0 Å². The van der Waals surface area contributed by atoms with Gasteiger partial charge in [0.2, 0.25) is 6.79 Å². The van der Waals surface area contributed by atoms with Crippen molar-refractivity contribution in [2.24, 2.45) is 0 Å². The van der Waals surface area contributed by atoms with Crippen molar-refractivity contribution in [3.05, 3.63) is 58.1 Å². The van der Waals surface area contributed by atoms with Gasteiger partial charge in [-0.3, -0.25) is 4.79 Å². The monoisotopic (exact) mass is 333 g/mol. The number of carbonyl (C=O) groups is 1. The lowest BCUT2D eigenvalue weighted by molar-refractivity contribution is 0.0950. The fourth-order valence-corrected chi connectivity index (χ4v) is 2.57. The molecular formula is C17H16ClNO4. The summed E-state index contributed by atoms with van der Waals surface area (Å²) in [5.74, 6) is 0.759. The first-order valence-electron chi connectivity index (χ1n) is 7.11. The molecule has 0 atom stereocenters. The molecular weight excluding hydrogens is 318 g/mol. The summed E-state index contributed by atoms with van der Waals surface area (Å²) in [6.45, 7) is 1.12. The van der Waals surface area contributed by atoms with Crippen LogP contribution in [0.4, 0.5) is 0 Å². The van der Waals surface area contributed by atoms with Gasteiger partial charge in [0.15, 0.2) is 11.5 Å². The van der Waals surface area contributed by atoms with Gasteiger partial charge in [0.05, 0.1) is 11.6 Å². The first kappa shape index (κ1) is 15.6. The Bertz CT molecular complexity index is 715. The Balaban J connectivity index is 1.64. The number of rotatable bonds is 5. The number of nitrogens with one attached hydrogen (secondary N) is 1. The third kappa shape index (κ3) is 3.57. The van der Waals surface area contributed by atoms with E-state index < -0.39 is 0 Å².